The number of hydrogen-bond donors (Lipinski definition) is 0. The van der Waals surface area contributed by atoms with Gasteiger partial charge < -0.3 is 4.43 Å². The van der Waals surface area contributed by atoms with Crippen LogP contribution in [0, 0.1) is 34.0 Å². The summed E-state index contributed by atoms with van der Waals surface area (Å²) in [6.07, 6.45) is 3.22. The van der Waals surface area contributed by atoms with E-state index in [0.29, 0.717) is 12.8 Å². The van der Waals surface area contributed by atoms with Gasteiger partial charge in [-0.2, -0.15) is 5.26 Å². The van der Waals surface area contributed by atoms with Crippen LogP contribution in [0.3, 0.4) is 0 Å². The Labute approximate surface area is 149 Å². The van der Waals surface area contributed by atoms with Gasteiger partial charge in [-0.15, -0.1) is 0 Å². The van der Waals surface area contributed by atoms with Crippen LogP contribution >= 0.6 is 0 Å². The number of ketones is 1. The number of carbonyl (C=O) groups excluding carboxylic acids is 1. The Hall–Kier alpha value is -0.663. The van der Waals surface area contributed by atoms with Gasteiger partial charge in [0.2, 0.25) is 0 Å². The van der Waals surface area contributed by atoms with Gasteiger partial charge in [0.25, 0.3) is 0 Å². The third-order valence-corrected chi connectivity index (χ3v) is 12.0. The number of fused-ring (bicyclic) bond motifs is 1. The van der Waals surface area contributed by atoms with E-state index in [1.807, 2.05) is 0 Å². The lowest BCUT2D eigenvalue weighted by atomic mass is 9.47. The first-order chi connectivity index (χ1) is 10.8. The highest BCUT2D eigenvalue weighted by Gasteiger charge is 2.58. The molecule has 0 heterocycles. The number of Topliss-reactive ketones (excluding diaryl/α,β-unsaturated/α-hetero) is 1. The Kier molecular flexibility index (Phi) is 4.87. The number of rotatable bonds is 2. The number of nitrogens with zero attached hydrogens (tertiary/aromatic N) is 1. The second-order valence-electron chi connectivity index (χ2n) is 10.4. The van der Waals surface area contributed by atoms with Crippen LogP contribution in [0.5, 0.6) is 0 Å². The van der Waals surface area contributed by atoms with Gasteiger partial charge in [0.05, 0.1) is 18.1 Å². The summed E-state index contributed by atoms with van der Waals surface area (Å²) in [7, 11) is -1.85. The minimum Gasteiger partial charge on any atom is -0.413 e. The van der Waals surface area contributed by atoms with Crippen LogP contribution in [-0.2, 0) is 9.22 Å². The summed E-state index contributed by atoms with van der Waals surface area (Å²) in [4.78, 5) is 12.3. The first-order valence-corrected chi connectivity index (χ1v) is 12.3. The lowest BCUT2D eigenvalue weighted by molar-refractivity contribution is -0.147. The SMILES string of the molecule is CC1(C)[C@@H](O[Si](C)(C)C(C)(C)C)CC[C@@]2(C)[C@@H](C#N)CC(=O)C[C@@H]12. The maximum Gasteiger partial charge on any atom is 0.192 e. The van der Waals surface area contributed by atoms with E-state index >= 15 is 0 Å². The van der Waals surface area contributed by atoms with E-state index in [9.17, 15) is 10.1 Å². The molecule has 0 N–H and O–H groups in total. The van der Waals surface area contributed by atoms with Gasteiger partial charge in [-0.05, 0) is 47.7 Å². The molecule has 2 aliphatic carbocycles. The fraction of sp³-hybridized carbons (Fsp3) is 0.900. The summed E-state index contributed by atoms with van der Waals surface area (Å²) in [6, 6.07) is 2.45. The molecular formula is C20H35NO2Si. The Bertz CT molecular complexity index is 555. The number of nitriles is 1. The Morgan fingerprint density at radius 2 is 1.79 bits per heavy atom. The van der Waals surface area contributed by atoms with Gasteiger partial charge >= 0.3 is 0 Å². The molecule has 4 heteroatoms. The smallest absolute Gasteiger partial charge is 0.192 e. The van der Waals surface area contributed by atoms with Crippen molar-refractivity contribution in [1.29, 1.82) is 5.26 Å². The lowest BCUT2D eigenvalue weighted by Crippen LogP contribution is -2.58. The first-order valence-electron chi connectivity index (χ1n) is 9.35. The summed E-state index contributed by atoms with van der Waals surface area (Å²) in [5, 5.41) is 9.80. The molecule has 24 heavy (non-hydrogen) atoms. The molecule has 2 aliphatic rings. The van der Waals surface area contributed by atoms with Crippen molar-refractivity contribution in [3.63, 3.8) is 0 Å². The summed E-state index contributed by atoms with van der Waals surface area (Å²) < 4.78 is 6.80. The van der Waals surface area contributed by atoms with Crippen molar-refractivity contribution in [1.82, 2.24) is 0 Å². The Balaban J connectivity index is 2.33. The minimum atomic E-state index is -1.85. The second-order valence-corrected chi connectivity index (χ2v) is 15.2. The molecule has 4 atom stereocenters. The van der Waals surface area contributed by atoms with Gasteiger partial charge in [0.15, 0.2) is 8.32 Å². The lowest BCUT2D eigenvalue weighted by Gasteiger charge is -2.59. The fourth-order valence-electron chi connectivity index (χ4n) is 4.68. The third kappa shape index (κ3) is 3.10. The topological polar surface area (TPSA) is 50.1 Å². The molecule has 0 aliphatic heterocycles. The quantitative estimate of drug-likeness (QED) is 0.634. The van der Waals surface area contributed by atoms with Crippen molar-refractivity contribution in [2.75, 3.05) is 0 Å². The molecule has 0 aromatic carbocycles. The zero-order valence-electron chi connectivity index (χ0n) is 16.8. The summed E-state index contributed by atoms with van der Waals surface area (Å²) in [6.45, 7) is 18.2. The standard InChI is InChI=1S/C20H35NO2Si/c1-18(2,3)24(7,8)23-17-9-10-20(6)14(13-21)11-15(22)12-16(20)19(17,4)5/h14,16-17H,9-12H2,1-8H3/t14-,16+,17+,20+/m1/s1. The molecule has 0 unspecified atom stereocenters. The van der Waals surface area contributed by atoms with E-state index in [2.05, 4.69) is 60.7 Å². The highest BCUT2D eigenvalue weighted by Crippen LogP contribution is 2.60. The molecular weight excluding hydrogens is 314 g/mol. The van der Waals surface area contributed by atoms with E-state index < -0.39 is 8.32 Å². The maximum absolute atomic E-state index is 12.3. The largest absolute Gasteiger partial charge is 0.413 e. The Morgan fingerprint density at radius 1 is 1.21 bits per heavy atom. The van der Waals surface area contributed by atoms with Crippen molar-refractivity contribution < 1.29 is 9.22 Å². The Morgan fingerprint density at radius 3 is 2.29 bits per heavy atom. The van der Waals surface area contributed by atoms with Crippen LogP contribution in [0.4, 0.5) is 0 Å². The van der Waals surface area contributed by atoms with Crippen molar-refractivity contribution >= 4 is 14.1 Å². The fourth-order valence-corrected chi connectivity index (χ4v) is 6.17. The average Bonchev–Trinajstić information content (AvgIpc) is 2.42. The third-order valence-electron chi connectivity index (χ3n) is 7.53. The minimum absolute atomic E-state index is 0.0561. The van der Waals surface area contributed by atoms with Crippen LogP contribution in [0.25, 0.3) is 0 Å². The number of hydrogen-bond acceptors (Lipinski definition) is 3. The van der Waals surface area contributed by atoms with Crippen LogP contribution < -0.4 is 0 Å². The molecule has 136 valence electrons. The van der Waals surface area contributed by atoms with Gasteiger partial charge in [-0.25, -0.2) is 0 Å². The molecule has 2 rings (SSSR count). The van der Waals surface area contributed by atoms with Crippen molar-refractivity contribution in [2.24, 2.45) is 22.7 Å². The predicted molar refractivity (Wildman–Crippen MR) is 100 cm³/mol. The molecule has 2 fully saturated rings. The van der Waals surface area contributed by atoms with E-state index in [4.69, 9.17) is 4.43 Å². The predicted octanol–water partition coefficient (Wildman–Crippen LogP) is 5.32. The van der Waals surface area contributed by atoms with E-state index in [-0.39, 0.29) is 39.6 Å². The first kappa shape index (κ1) is 19.7. The molecule has 0 radical (unpaired) electrons. The maximum atomic E-state index is 12.3. The normalized spacial score (nSPS) is 36.8. The van der Waals surface area contributed by atoms with E-state index in [1.54, 1.807) is 0 Å². The number of carbonyl (C=O) groups is 1. The summed E-state index contributed by atoms with van der Waals surface area (Å²) >= 11 is 0. The van der Waals surface area contributed by atoms with Crippen LogP contribution in [-0.4, -0.2) is 20.2 Å². The molecule has 3 nitrogen and oxygen atoms in total. The molecule has 0 amide bonds. The summed E-state index contributed by atoms with van der Waals surface area (Å²) in [5.74, 6) is 0.348. The van der Waals surface area contributed by atoms with Gasteiger partial charge in [-0.1, -0.05) is 41.5 Å². The second kappa shape index (κ2) is 5.95. The molecule has 0 bridgehead atoms. The van der Waals surface area contributed by atoms with Crippen molar-refractivity contribution in [2.45, 2.75) is 91.5 Å². The highest BCUT2D eigenvalue weighted by molar-refractivity contribution is 6.74. The van der Waals surface area contributed by atoms with Crippen molar-refractivity contribution in [3.05, 3.63) is 0 Å². The molecule has 0 aromatic heterocycles. The zero-order valence-corrected chi connectivity index (χ0v) is 17.8. The van der Waals surface area contributed by atoms with E-state index in [1.165, 1.54) is 0 Å². The monoisotopic (exact) mass is 349 g/mol. The van der Waals surface area contributed by atoms with Crippen LogP contribution in [0.1, 0.15) is 67.2 Å². The van der Waals surface area contributed by atoms with Crippen molar-refractivity contribution in [3.8, 4) is 6.07 Å². The molecule has 0 saturated heterocycles. The molecule has 2 saturated carbocycles. The zero-order chi connectivity index (χ0) is 18.6. The molecule has 0 aromatic rings. The van der Waals surface area contributed by atoms with Crippen LogP contribution in [0.2, 0.25) is 18.1 Å². The highest BCUT2D eigenvalue weighted by atomic mass is 28.4. The summed E-state index contributed by atoms with van der Waals surface area (Å²) in [5.41, 5.74) is -0.132. The van der Waals surface area contributed by atoms with Gasteiger partial charge in [0, 0.05) is 12.8 Å². The van der Waals surface area contributed by atoms with Gasteiger partial charge in [-0.3, -0.25) is 4.79 Å². The molecule has 0 spiro atoms. The van der Waals surface area contributed by atoms with Gasteiger partial charge in [0.1, 0.15) is 5.78 Å². The van der Waals surface area contributed by atoms with E-state index in [0.717, 1.165) is 12.8 Å². The van der Waals surface area contributed by atoms with Crippen LogP contribution in [0.15, 0.2) is 0 Å². The average molecular weight is 350 g/mol.